The molecule has 0 unspecified atom stereocenters. The number of piperazine rings is 1. The van der Waals surface area contributed by atoms with E-state index in [9.17, 15) is 0 Å². The van der Waals surface area contributed by atoms with Gasteiger partial charge in [-0.2, -0.15) is 10.2 Å². The Kier molecular flexibility index (Phi) is 3.41. The summed E-state index contributed by atoms with van der Waals surface area (Å²) in [7, 11) is 0. The fourth-order valence-electron chi connectivity index (χ4n) is 3.55. The van der Waals surface area contributed by atoms with Gasteiger partial charge in [0.15, 0.2) is 11.6 Å². The minimum atomic E-state index is 0.454. The number of aromatic nitrogens is 5. The van der Waals surface area contributed by atoms with E-state index >= 15 is 0 Å². The number of benzene rings is 1. The molecular weight excluding hydrogens is 314 g/mol. The molecule has 1 aliphatic carbocycles. The lowest BCUT2D eigenvalue weighted by molar-refractivity contribution is 0.481. The highest BCUT2D eigenvalue weighted by Gasteiger charge is 2.28. The molecule has 3 heterocycles. The normalized spacial score (nSPS) is 21.0. The molecule has 0 spiro atoms. The molecule has 2 fully saturated rings. The Morgan fingerprint density at radius 2 is 2.16 bits per heavy atom. The molecule has 2 aliphatic rings. The van der Waals surface area contributed by atoms with E-state index in [1.54, 1.807) is 6.20 Å². The summed E-state index contributed by atoms with van der Waals surface area (Å²) in [6.45, 7) is 5.03. The molecular formula is C18H21N7. The predicted molar refractivity (Wildman–Crippen MR) is 96.6 cm³/mol. The first-order chi connectivity index (χ1) is 12.3. The van der Waals surface area contributed by atoms with Gasteiger partial charge in [-0.3, -0.25) is 5.10 Å². The third-order valence-electron chi connectivity index (χ3n) is 5.05. The van der Waals surface area contributed by atoms with E-state index in [2.05, 4.69) is 49.7 Å². The molecule has 2 N–H and O–H groups in total. The molecule has 2 aromatic heterocycles. The first-order valence-electron chi connectivity index (χ1n) is 8.94. The van der Waals surface area contributed by atoms with Gasteiger partial charge >= 0.3 is 0 Å². The number of nitrogens with one attached hydrogen (secondary N) is 2. The number of rotatable bonds is 3. The average Bonchev–Trinajstić information content (AvgIpc) is 3.40. The van der Waals surface area contributed by atoms with Crippen LogP contribution in [-0.2, 0) is 0 Å². The molecule has 3 aromatic rings. The van der Waals surface area contributed by atoms with Crippen LogP contribution in [0.25, 0.3) is 22.3 Å². The van der Waals surface area contributed by atoms with Crippen LogP contribution in [0.5, 0.6) is 0 Å². The Balaban J connectivity index is 1.51. The topological polar surface area (TPSA) is 82.6 Å². The summed E-state index contributed by atoms with van der Waals surface area (Å²) in [6.07, 6.45) is 4.23. The fourth-order valence-corrected chi connectivity index (χ4v) is 3.55. The summed E-state index contributed by atoms with van der Waals surface area (Å²) in [5.41, 5.74) is 3.25. The maximum Gasteiger partial charge on any atom is 0.183 e. The standard InChI is InChI=1S/C18H21N7/c1-11-10-25(7-6-19-11)16-9-20-24-18(21-16)13-4-5-15-14(8-13)17(23-22-15)12-2-3-12/h4-5,8-9,11-12,19H,2-3,6-7,10H2,1H3,(H,22,23)/t11-/m0/s1. The molecule has 1 aromatic carbocycles. The van der Waals surface area contributed by atoms with E-state index in [-0.39, 0.29) is 0 Å². The summed E-state index contributed by atoms with van der Waals surface area (Å²) in [6, 6.07) is 6.70. The molecule has 1 saturated heterocycles. The number of fused-ring (bicyclic) bond motifs is 1. The van der Waals surface area contributed by atoms with E-state index < -0.39 is 0 Å². The van der Waals surface area contributed by atoms with Gasteiger partial charge < -0.3 is 10.2 Å². The highest BCUT2D eigenvalue weighted by molar-refractivity contribution is 5.86. The summed E-state index contributed by atoms with van der Waals surface area (Å²) < 4.78 is 0. The van der Waals surface area contributed by atoms with E-state index in [0.717, 1.165) is 36.5 Å². The van der Waals surface area contributed by atoms with E-state index in [1.807, 2.05) is 6.07 Å². The number of nitrogens with zero attached hydrogens (tertiary/aromatic N) is 5. The summed E-state index contributed by atoms with van der Waals surface area (Å²) in [4.78, 5) is 7.05. The van der Waals surface area contributed by atoms with Crippen molar-refractivity contribution < 1.29 is 0 Å². The molecule has 5 rings (SSSR count). The maximum atomic E-state index is 4.78. The molecule has 1 saturated carbocycles. The van der Waals surface area contributed by atoms with Gasteiger partial charge in [-0.15, -0.1) is 5.10 Å². The van der Waals surface area contributed by atoms with Crippen molar-refractivity contribution in [3.05, 3.63) is 30.1 Å². The van der Waals surface area contributed by atoms with Crippen molar-refractivity contribution in [1.29, 1.82) is 0 Å². The van der Waals surface area contributed by atoms with Gasteiger partial charge in [0, 0.05) is 42.5 Å². The summed E-state index contributed by atoms with van der Waals surface area (Å²) in [5, 5.41) is 20.7. The Bertz CT molecular complexity index is 915. The minimum absolute atomic E-state index is 0.454. The van der Waals surface area contributed by atoms with Crippen LogP contribution in [0.2, 0.25) is 0 Å². The highest BCUT2D eigenvalue weighted by atomic mass is 15.3. The van der Waals surface area contributed by atoms with Crippen LogP contribution in [0, 0.1) is 0 Å². The van der Waals surface area contributed by atoms with E-state index in [4.69, 9.17) is 4.98 Å². The van der Waals surface area contributed by atoms with Gasteiger partial charge in [0.2, 0.25) is 0 Å². The van der Waals surface area contributed by atoms with Crippen LogP contribution in [0.3, 0.4) is 0 Å². The minimum Gasteiger partial charge on any atom is -0.352 e. The van der Waals surface area contributed by atoms with Crippen molar-refractivity contribution in [2.75, 3.05) is 24.5 Å². The zero-order valence-electron chi connectivity index (χ0n) is 14.2. The van der Waals surface area contributed by atoms with Gasteiger partial charge in [0.1, 0.15) is 0 Å². The number of H-pyrrole nitrogens is 1. The first-order valence-corrected chi connectivity index (χ1v) is 8.94. The van der Waals surface area contributed by atoms with Crippen molar-refractivity contribution in [1.82, 2.24) is 30.7 Å². The Hall–Kier alpha value is -2.54. The van der Waals surface area contributed by atoms with Gasteiger partial charge in [0.05, 0.1) is 17.4 Å². The van der Waals surface area contributed by atoms with Crippen molar-refractivity contribution in [3.8, 4) is 11.4 Å². The summed E-state index contributed by atoms with van der Waals surface area (Å²) in [5.74, 6) is 2.18. The Labute approximate surface area is 145 Å². The molecule has 1 aliphatic heterocycles. The quantitative estimate of drug-likeness (QED) is 0.763. The van der Waals surface area contributed by atoms with Crippen LogP contribution < -0.4 is 10.2 Å². The van der Waals surface area contributed by atoms with Crippen LogP contribution in [0.1, 0.15) is 31.4 Å². The maximum absolute atomic E-state index is 4.78. The number of anilines is 1. The van der Waals surface area contributed by atoms with Crippen molar-refractivity contribution in [2.45, 2.75) is 31.7 Å². The predicted octanol–water partition coefficient (Wildman–Crippen LogP) is 2.09. The lowest BCUT2D eigenvalue weighted by Gasteiger charge is -2.32. The van der Waals surface area contributed by atoms with Crippen LogP contribution in [-0.4, -0.2) is 51.1 Å². The third-order valence-corrected chi connectivity index (χ3v) is 5.05. The van der Waals surface area contributed by atoms with Crippen LogP contribution >= 0.6 is 0 Å². The van der Waals surface area contributed by atoms with Gasteiger partial charge in [-0.05, 0) is 38.0 Å². The molecule has 0 amide bonds. The molecule has 0 radical (unpaired) electrons. The van der Waals surface area contributed by atoms with Gasteiger partial charge in [0.25, 0.3) is 0 Å². The number of hydrogen-bond donors (Lipinski definition) is 2. The molecule has 7 nitrogen and oxygen atoms in total. The zero-order chi connectivity index (χ0) is 16.8. The second kappa shape index (κ2) is 5.77. The third kappa shape index (κ3) is 2.74. The zero-order valence-corrected chi connectivity index (χ0v) is 14.2. The van der Waals surface area contributed by atoms with Crippen molar-refractivity contribution in [3.63, 3.8) is 0 Å². The molecule has 0 bridgehead atoms. The number of hydrogen-bond acceptors (Lipinski definition) is 6. The summed E-state index contributed by atoms with van der Waals surface area (Å²) >= 11 is 0. The lowest BCUT2D eigenvalue weighted by Crippen LogP contribution is -2.49. The molecule has 1 atom stereocenters. The lowest BCUT2D eigenvalue weighted by atomic mass is 10.1. The Morgan fingerprint density at radius 1 is 1.24 bits per heavy atom. The van der Waals surface area contributed by atoms with Crippen LogP contribution in [0.4, 0.5) is 5.82 Å². The van der Waals surface area contributed by atoms with Gasteiger partial charge in [-0.25, -0.2) is 4.98 Å². The molecule has 128 valence electrons. The van der Waals surface area contributed by atoms with Gasteiger partial charge in [-0.1, -0.05) is 0 Å². The second-order valence-electron chi connectivity index (χ2n) is 7.08. The smallest absolute Gasteiger partial charge is 0.183 e. The largest absolute Gasteiger partial charge is 0.352 e. The van der Waals surface area contributed by atoms with Crippen molar-refractivity contribution >= 4 is 16.7 Å². The van der Waals surface area contributed by atoms with E-state index in [0.29, 0.717) is 17.8 Å². The second-order valence-corrected chi connectivity index (χ2v) is 7.08. The molecule has 7 heteroatoms. The van der Waals surface area contributed by atoms with Crippen molar-refractivity contribution in [2.24, 2.45) is 0 Å². The first kappa shape index (κ1) is 14.8. The SMILES string of the molecule is C[C@H]1CN(c2cnnc(-c3ccc4[nH]nc(C5CC5)c4c3)n2)CCN1. The molecule has 25 heavy (non-hydrogen) atoms. The fraction of sp³-hybridized carbons (Fsp3) is 0.444. The Morgan fingerprint density at radius 3 is 3.00 bits per heavy atom. The highest BCUT2D eigenvalue weighted by Crippen LogP contribution is 2.42. The number of aromatic amines is 1. The van der Waals surface area contributed by atoms with Crippen LogP contribution in [0.15, 0.2) is 24.4 Å². The average molecular weight is 335 g/mol. The van der Waals surface area contributed by atoms with E-state index in [1.165, 1.54) is 23.9 Å². The monoisotopic (exact) mass is 335 g/mol.